The molecule has 0 bridgehead atoms. The second-order valence-electron chi connectivity index (χ2n) is 3.97. The van der Waals surface area contributed by atoms with Crippen molar-refractivity contribution in [3.8, 4) is 12.0 Å². The minimum Gasteiger partial charge on any atom is -0.378 e. The third-order valence-corrected chi connectivity index (χ3v) is 2.28. The number of carbonyl (C=O) groups excluding carboxylic acids is 1. The van der Waals surface area contributed by atoms with Gasteiger partial charge in [0.2, 0.25) is 0 Å². The van der Waals surface area contributed by atoms with Crippen molar-refractivity contribution in [1.82, 2.24) is 10.3 Å². The van der Waals surface area contributed by atoms with Crippen LogP contribution in [0.4, 0.5) is 0 Å². The predicted octanol–water partition coefficient (Wildman–Crippen LogP) is 0.809. The summed E-state index contributed by atoms with van der Waals surface area (Å²) in [5.41, 5.74) is 0.254. The average molecular weight is 216 g/mol. The van der Waals surface area contributed by atoms with Crippen LogP contribution in [0.2, 0.25) is 0 Å². The van der Waals surface area contributed by atoms with Crippen molar-refractivity contribution in [2.75, 3.05) is 13.2 Å². The topological polar surface area (TPSA) is 51.2 Å². The minimum atomic E-state index is -0.281. The van der Waals surface area contributed by atoms with Crippen LogP contribution in [-0.2, 0) is 4.74 Å². The van der Waals surface area contributed by atoms with Crippen LogP contribution < -0.4 is 5.32 Å². The van der Waals surface area contributed by atoms with E-state index in [-0.39, 0.29) is 11.3 Å². The van der Waals surface area contributed by atoms with E-state index < -0.39 is 0 Å². The summed E-state index contributed by atoms with van der Waals surface area (Å²) >= 11 is 0. The lowest BCUT2D eigenvalue weighted by Crippen LogP contribution is -2.38. The number of hydrogen-bond acceptors (Lipinski definition) is 3. The Morgan fingerprint density at radius 2 is 2.38 bits per heavy atom. The lowest BCUT2D eigenvalue weighted by molar-refractivity contribution is -0.0648. The van der Waals surface area contributed by atoms with Gasteiger partial charge in [-0.15, -0.1) is 0 Å². The average Bonchev–Trinajstić information content (AvgIpc) is 2.28. The molecule has 0 radical (unpaired) electrons. The number of hydrogen-bond donors (Lipinski definition) is 1. The number of amides is 1. The van der Waals surface area contributed by atoms with E-state index in [1.165, 1.54) is 0 Å². The van der Waals surface area contributed by atoms with Crippen molar-refractivity contribution >= 4 is 5.91 Å². The van der Waals surface area contributed by atoms with E-state index in [2.05, 4.69) is 22.3 Å². The molecule has 1 amide bonds. The van der Waals surface area contributed by atoms with Crippen molar-refractivity contribution in [2.24, 2.45) is 5.41 Å². The Balaban J connectivity index is 1.93. The van der Waals surface area contributed by atoms with Gasteiger partial charge >= 0.3 is 0 Å². The molecule has 0 atom stereocenters. The van der Waals surface area contributed by atoms with Crippen molar-refractivity contribution in [2.45, 2.75) is 6.92 Å². The van der Waals surface area contributed by atoms with Gasteiger partial charge in [-0.2, -0.15) is 0 Å². The number of pyridine rings is 1. The lowest BCUT2D eigenvalue weighted by Gasteiger charge is -2.32. The van der Waals surface area contributed by atoms with Crippen LogP contribution in [0, 0.1) is 17.4 Å². The fraction of sp³-hybridized carbons (Fsp3) is 0.333. The van der Waals surface area contributed by atoms with Gasteiger partial charge in [-0.25, -0.2) is 0 Å². The molecule has 1 saturated heterocycles. The van der Waals surface area contributed by atoms with Gasteiger partial charge in [0, 0.05) is 12.2 Å². The zero-order valence-corrected chi connectivity index (χ0v) is 8.99. The molecule has 0 aliphatic carbocycles. The number of aromatic nitrogens is 1. The van der Waals surface area contributed by atoms with Crippen LogP contribution in [0.25, 0.3) is 0 Å². The molecule has 1 aliphatic heterocycles. The van der Waals surface area contributed by atoms with Crippen molar-refractivity contribution < 1.29 is 9.53 Å². The van der Waals surface area contributed by atoms with Gasteiger partial charge in [0.05, 0.1) is 18.6 Å². The van der Waals surface area contributed by atoms with E-state index in [0.29, 0.717) is 18.9 Å². The summed E-state index contributed by atoms with van der Waals surface area (Å²) in [6, 6.07) is 7.82. The normalized spacial score (nSPS) is 16.6. The van der Waals surface area contributed by atoms with Gasteiger partial charge in [0.1, 0.15) is 5.69 Å². The fourth-order valence-electron chi connectivity index (χ4n) is 1.28. The van der Waals surface area contributed by atoms with Gasteiger partial charge in [-0.05, 0) is 19.1 Å². The number of ether oxygens (including phenoxy) is 1. The van der Waals surface area contributed by atoms with E-state index in [0.717, 1.165) is 0 Å². The summed E-state index contributed by atoms with van der Waals surface area (Å²) in [7, 11) is 0. The van der Waals surface area contributed by atoms with Crippen LogP contribution >= 0.6 is 0 Å². The summed E-state index contributed by atoms with van der Waals surface area (Å²) < 4.78 is 5.05. The fourth-order valence-corrected chi connectivity index (χ4v) is 1.28. The Bertz CT molecular complexity index is 441. The highest BCUT2D eigenvalue weighted by Crippen LogP contribution is 2.24. The zero-order valence-electron chi connectivity index (χ0n) is 8.99. The molecule has 2 rings (SSSR count). The highest BCUT2D eigenvalue weighted by molar-refractivity contribution is 5.93. The summed E-state index contributed by atoms with van der Waals surface area (Å²) in [6.07, 6.45) is 1.57. The molecule has 1 fully saturated rings. The van der Waals surface area contributed by atoms with Crippen molar-refractivity contribution in [3.05, 3.63) is 30.1 Å². The third kappa shape index (κ3) is 2.38. The highest BCUT2D eigenvalue weighted by atomic mass is 16.5. The molecule has 0 saturated carbocycles. The lowest BCUT2D eigenvalue weighted by atomic mass is 9.90. The van der Waals surface area contributed by atoms with Gasteiger partial charge in [-0.3, -0.25) is 15.1 Å². The Kier molecular flexibility index (Phi) is 2.88. The maximum absolute atomic E-state index is 11.5. The van der Waals surface area contributed by atoms with Gasteiger partial charge in [0.25, 0.3) is 5.91 Å². The molecule has 1 aliphatic rings. The van der Waals surface area contributed by atoms with Gasteiger partial charge in [0.15, 0.2) is 0 Å². The second kappa shape index (κ2) is 4.33. The molecule has 4 nitrogen and oxygen atoms in total. The van der Waals surface area contributed by atoms with Gasteiger partial charge in [-0.1, -0.05) is 12.0 Å². The minimum absolute atomic E-state index is 0.114. The zero-order chi connectivity index (χ0) is 11.4. The molecule has 1 aromatic rings. The molecule has 0 aromatic carbocycles. The molecule has 0 spiro atoms. The summed E-state index contributed by atoms with van der Waals surface area (Å²) in [5, 5.41) is 2.51. The quantitative estimate of drug-likeness (QED) is 0.558. The molecule has 16 heavy (non-hydrogen) atoms. The Hall–Kier alpha value is -1.86. The van der Waals surface area contributed by atoms with E-state index in [1.807, 2.05) is 6.92 Å². The smallest absolute Gasteiger partial charge is 0.281 e. The molecule has 82 valence electrons. The maximum atomic E-state index is 11.5. The number of nitrogens with one attached hydrogen (secondary N) is 1. The predicted molar refractivity (Wildman–Crippen MR) is 58.4 cm³/mol. The number of carbonyl (C=O) groups is 1. The largest absolute Gasteiger partial charge is 0.378 e. The second-order valence-corrected chi connectivity index (χ2v) is 3.97. The van der Waals surface area contributed by atoms with Gasteiger partial charge < -0.3 is 4.74 Å². The molecule has 2 heterocycles. The maximum Gasteiger partial charge on any atom is 0.281 e. The Morgan fingerprint density at radius 1 is 1.56 bits per heavy atom. The first-order valence-electron chi connectivity index (χ1n) is 5.01. The number of rotatable bonds is 1. The first-order chi connectivity index (χ1) is 7.70. The molecule has 4 heteroatoms. The van der Waals surface area contributed by atoms with Crippen molar-refractivity contribution in [1.29, 1.82) is 0 Å². The third-order valence-electron chi connectivity index (χ3n) is 2.28. The van der Waals surface area contributed by atoms with E-state index in [9.17, 15) is 4.79 Å². The highest BCUT2D eigenvalue weighted by Gasteiger charge is 2.31. The first-order valence-corrected chi connectivity index (χ1v) is 5.01. The van der Waals surface area contributed by atoms with Crippen LogP contribution in [0.5, 0.6) is 0 Å². The van der Waals surface area contributed by atoms with Crippen molar-refractivity contribution in [3.63, 3.8) is 0 Å². The molecule has 1 aromatic heterocycles. The van der Waals surface area contributed by atoms with Crippen LogP contribution in [0.15, 0.2) is 24.4 Å². The molecule has 0 unspecified atom stereocenters. The van der Waals surface area contributed by atoms with E-state index >= 15 is 0 Å². The molecular formula is C12H12N2O2. The first kappa shape index (κ1) is 10.7. The number of nitrogens with zero attached hydrogens (tertiary/aromatic N) is 1. The molecular weight excluding hydrogens is 204 g/mol. The Labute approximate surface area is 94.0 Å². The SMILES string of the molecule is CC1(C#CNC(=O)c2ccccn2)COC1. The standard InChI is InChI=1S/C12H12N2O2/c1-12(8-16-9-12)5-7-14-11(15)10-4-2-3-6-13-10/h2-4,6H,8-9H2,1H3,(H,14,15). The van der Waals surface area contributed by atoms with Crippen LogP contribution in [-0.4, -0.2) is 24.1 Å². The summed E-state index contributed by atoms with van der Waals surface area (Å²) in [6.45, 7) is 3.25. The Morgan fingerprint density at radius 3 is 2.94 bits per heavy atom. The van der Waals surface area contributed by atoms with E-state index in [1.54, 1.807) is 24.4 Å². The molecule has 1 N–H and O–H groups in total. The van der Waals surface area contributed by atoms with Crippen LogP contribution in [0.3, 0.4) is 0 Å². The summed E-state index contributed by atoms with van der Waals surface area (Å²) in [5.74, 6) is 2.68. The summed E-state index contributed by atoms with van der Waals surface area (Å²) in [4.78, 5) is 15.5. The monoisotopic (exact) mass is 216 g/mol. The van der Waals surface area contributed by atoms with Crippen LogP contribution in [0.1, 0.15) is 17.4 Å². The van der Waals surface area contributed by atoms with E-state index in [4.69, 9.17) is 4.74 Å².